The zero-order chi connectivity index (χ0) is 15.0. The Labute approximate surface area is 119 Å². The molecule has 21 heavy (non-hydrogen) atoms. The maximum Gasteiger partial charge on any atom is 0.343 e. The quantitative estimate of drug-likeness (QED) is 0.574. The van der Waals surface area contributed by atoms with Gasteiger partial charge >= 0.3 is 5.97 Å². The van der Waals surface area contributed by atoms with Crippen LogP contribution in [0.2, 0.25) is 0 Å². The van der Waals surface area contributed by atoms with Crippen LogP contribution in [0.3, 0.4) is 0 Å². The van der Waals surface area contributed by atoms with E-state index in [1.807, 2.05) is 18.2 Å². The lowest BCUT2D eigenvalue weighted by atomic mass is 10.1. The monoisotopic (exact) mass is 283 g/mol. The first kappa shape index (κ1) is 13.2. The van der Waals surface area contributed by atoms with Crippen molar-refractivity contribution in [2.24, 2.45) is 0 Å². The van der Waals surface area contributed by atoms with Gasteiger partial charge in [-0.2, -0.15) is 0 Å². The highest BCUT2D eigenvalue weighted by Gasteiger charge is 2.19. The topological polar surface area (TPSA) is 84.9 Å². The average Bonchev–Trinajstić information content (AvgIpc) is 2.46. The summed E-state index contributed by atoms with van der Waals surface area (Å²) in [6.45, 7) is 3.54. The molecule has 106 valence electrons. The summed E-state index contributed by atoms with van der Waals surface area (Å²) in [5.41, 5.74) is 1.74. The molecule has 0 aliphatic heterocycles. The van der Waals surface area contributed by atoms with Crippen LogP contribution in [0.4, 0.5) is 0 Å². The summed E-state index contributed by atoms with van der Waals surface area (Å²) in [6, 6.07) is 7.25. The van der Waals surface area contributed by atoms with E-state index in [1.165, 1.54) is 0 Å². The van der Waals surface area contributed by atoms with Crippen LogP contribution in [0.5, 0.6) is 0 Å². The van der Waals surface area contributed by atoms with Crippen molar-refractivity contribution in [2.45, 2.75) is 13.8 Å². The number of aromatic nitrogens is 3. The number of para-hydroxylation sites is 2. The minimum atomic E-state index is -0.645. The van der Waals surface area contributed by atoms with Crippen LogP contribution in [-0.2, 0) is 4.74 Å². The van der Waals surface area contributed by atoms with Crippen molar-refractivity contribution in [1.82, 2.24) is 15.0 Å². The summed E-state index contributed by atoms with van der Waals surface area (Å²) in [5.74, 6) is -0.645. The number of H-pyrrole nitrogens is 1. The molecular formula is C15H13N3O3. The molecular weight excluding hydrogens is 270 g/mol. The predicted molar refractivity (Wildman–Crippen MR) is 78.4 cm³/mol. The number of ether oxygens (including phenoxy) is 1. The molecule has 0 bridgehead atoms. The number of nitrogens with zero attached hydrogens (tertiary/aromatic N) is 2. The molecule has 0 spiro atoms. The second kappa shape index (κ2) is 4.97. The fraction of sp³-hybridized carbons (Fsp3) is 0.200. The molecule has 3 aromatic rings. The zero-order valence-corrected chi connectivity index (χ0v) is 11.6. The van der Waals surface area contributed by atoms with Crippen LogP contribution in [0.25, 0.3) is 22.2 Å². The van der Waals surface area contributed by atoms with Crippen molar-refractivity contribution in [1.29, 1.82) is 0 Å². The normalized spacial score (nSPS) is 11.0. The molecule has 0 saturated carbocycles. The molecule has 0 aliphatic carbocycles. The van der Waals surface area contributed by atoms with E-state index >= 15 is 0 Å². The standard InChI is InChI=1S/C15H13N3O3/c1-3-21-15(20)11-8(2)16-14-12(13(11)19)17-9-6-4-5-7-10(9)18-14/h4-7H,3H2,1-2H3,(H,16,18,19). The van der Waals surface area contributed by atoms with Crippen molar-refractivity contribution < 1.29 is 9.53 Å². The van der Waals surface area contributed by atoms with Crippen molar-refractivity contribution in [2.75, 3.05) is 6.61 Å². The lowest BCUT2D eigenvalue weighted by Crippen LogP contribution is -2.21. The third kappa shape index (κ3) is 2.14. The molecule has 6 nitrogen and oxygen atoms in total. The Balaban J connectivity index is 2.35. The fourth-order valence-electron chi connectivity index (χ4n) is 2.22. The molecule has 0 amide bonds. The van der Waals surface area contributed by atoms with Crippen LogP contribution in [0, 0.1) is 6.92 Å². The fourth-order valence-corrected chi connectivity index (χ4v) is 2.22. The molecule has 3 rings (SSSR count). The average molecular weight is 283 g/mol. The Kier molecular flexibility index (Phi) is 3.13. The summed E-state index contributed by atoms with van der Waals surface area (Å²) < 4.78 is 4.92. The van der Waals surface area contributed by atoms with E-state index in [1.54, 1.807) is 19.9 Å². The second-order valence-corrected chi connectivity index (χ2v) is 4.58. The van der Waals surface area contributed by atoms with Crippen molar-refractivity contribution in [3.8, 4) is 0 Å². The zero-order valence-electron chi connectivity index (χ0n) is 11.6. The molecule has 0 saturated heterocycles. The minimum absolute atomic E-state index is 0.0195. The van der Waals surface area contributed by atoms with Gasteiger partial charge in [0.05, 0.1) is 17.6 Å². The van der Waals surface area contributed by atoms with E-state index < -0.39 is 11.4 Å². The van der Waals surface area contributed by atoms with Gasteiger partial charge in [0, 0.05) is 5.69 Å². The molecule has 1 N–H and O–H groups in total. The molecule has 0 radical (unpaired) electrons. The van der Waals surface area contributed by atoms with E-state index in [0.717, 1.165) is 0 Å². The van der Waals surface area contributed by atoms with E-state index in [4.69, 9.17) is 4.74 Å². The van der Waals surface area contributed by atoms with Gasteiger partial charge in [-0.3, -0.25) is 4.79 Å². The Morgan fingerprint density at radius 1 is 1.24 bits per heavy atom. The van der Waals surface area contributed by atoms with Gasteiger partial charge in [0.25, 0.3) is 0 Å². The van der Waals surface area contributed by atoms with E-state index in [9.17, 15) is 9.59 Å². The highest BCUT2D eigenvalue weighted by Crippen LogP contribution is 2.14. The van der Waals surface area contributed by atoms with Gasteiger partial charge in [-0.05, 0) is 26.0 Å². The van der Waals surface area contributed by atoms with E-state index in [0.29, 0.717) is 22.4 Å². The third-order valence-corrected chi connectivity index (χ3v) is 3.17. The lowest BCUT2D eigenvalue weighted by Gasteiger charge is -2.07. The number of carbonyl (C=O) groups excluding carboxylic acids is 1. The molecule has 2 heterocycles. The number of pyridine rings is 1. The van der Waals surface area contributed by atoms with Crippen LogP contribution < -0.4 is 5.43 Å². The number of esters is 1. The Bertz CT molecular complexity index is 915. The molecule has 0 unspecified atom stereocenters. The third-order valence-electron chi connectivity index (χ3n) is 3.17. The number of nitrogens with one attached hydrogen (secondary N) is 1. The van der Waals surface area contributed by atoms with Gasteiger partial charge in [-0.25, -0.2) is 14.8 Å². The van der Waals surface area contributed by atoms with Crippen molar-refractivity contribution in [3.63, 3.8) is 0 Å². The highest BCUT2D eigenvalue weighted by atomic mass is 16.5. The number of carbonyl (C=O) groups is 1. The van der Waals surface area contributed by atoms with Gasteiger partial charge in [0.15, 0.2) is 11.2 Å². The minimum Gasteiger partial charge on any atom is -0.462 e. The number of aryl methyl sites for hydroxylation is 1. The maximum atomic E-state index is 12.5. The van der Waals surface area contributed by atoms with Crippen LogP contribution >= 0.6 is 0 Å². The summed E-state index contributed by atoms with van der Waals surface area (Å²) in [6.07, 6.45) is 0. The first-order valence-electron chi connectivity index (χ1n) is 6.58. The molecule has 0 atom stereocenters. The van der Waals surface area contributed by atoms with Gasteiger partial charge < -0.3 is 9.72 Å². The first-order chi connectivity index (χ1) is 10.1. The molecule has 0 fully saturated rings. The highest BCUT2D eigenvalue weighted by molar-refractivity contribution is 5.94. The Hall–Kier alpha value is -2.76. The number of hydrogen-bond donors (Lipinski definition) is 1. The maximum absolute atomic E-state index is 12.5. The second-order valence-electron chi connectivity index (χ2n) is 4.58. The van der Waals surface area contributed by atoms with Crippen molar-refractivity contribution in [3.05, 3.63) is 45.7 Å². The first-order valence-corrected chi connectivity index (χ1v) is 6.58. The Morgan fingerprint density at radius 2 is 1.90 bits per heavy atom. The Morgan fingerprint density at radius 3 is 2.57 bits per heavy atom. The number of benzene rings is 1. The largest absolute Gasteiger partial charge is 0.462 e. The van der Waals surface area contributed by atoms with E-state index in [-0.39, 0.29) is 17.7 Å². The number of rotatable bonds is 2. The van der Waals surface area contributed by atoms with Gasteiger partial charge in [-0.1, -0.05) is 12.1 Å². The summed E-state index contributed by atoms with van der Waals surface area (Å²) >= 11 is 0. The molecule has 1 aromatic carbocycles. The molecule has 6 heteroatoms. The summed E-state index contributed by atoms with van der Waals surface area (Å²) in [5, 5.41) is 0. The smallest absolute Gasteiger partial charge is 0.343 e. The molecule has 0 aliphatic rings. The van der Waals surface area contributed by atoms with Crippen LogP contribution in [0.15, 0.2) is 29.1 Å². The number of hydrogen-bond acceptors (Lipinski definition) is 5. The number of fused-ring (bicyclic) bond motifs is 2. The van der Waals surface area contributed by atoms with Gasteiger partial charge in [0.2, 0.25) is 5.43 Å². The SMILES string of the molecule is CCOC(=O)c1c(C)[nH]c2nc3ccccc3nc2c1=O. The summed E-state index contributed by atoms with van der Waals surface area (Å²) in [4.78, 5) is 36.0. The van der Waals surface area contributed by atoms with Gasteiger partial charge in [0.1, 0.15) is 5.56 Å². The predicted octanol–water partition coefficient (Wildman–Crippen LogP) is 1.96. The van der Waals surface area contributed by atoms with Gasteiger partial charge in [-0.15, -0.1) is 0 Å². The summed E-state index contributed by atoms with van der Waals surface area (Å²) in [7, 11) is 0. The van der Waals surface area contributed by atoms with E-state index in [2.05, 4.69) is 15.0 Å². The molecule has 2 aromatic heterocycles. The van der Waals surface area contributed by atoms with Crippen LogP contribution in [0.1, 0.15) is 23.0 Å². The lowest BCUT2D eigenvalue weighted by molar-refractivity contribution is 0.0523. The van der Waals surface area contributed by atoms with Crippen molar-refractivity contribution >= 4 is 28.2 Å². The van der Waals surface area contributed by atoms with Crippen LogP contribution in [-0.4, -0.2) is 27.5 Å². The number of aromatic amines is 1.